The van der Waals surface area contributed by atoms with Crippen LogP contribution >= 0.6 is 0 Å². The molecule has 2 unspecified atom stereocenters. The van der Waals surface area contributed by atoms with Gasteiger partial charge in [-0.15, -0.1) is 0 Å². The number of hydrogen-bond donors (Lipinski definition) is 2. The summed E-state index contributed by atoms with van der Waals surface area (Å²) < 4.78 is 5.22. The molecule has 1 amide bonds. The summed E-state index contributed by atoms with van der Waals surface area (Å²) in [6.45, 7) is 4.89. The van der Waals surface area contributed by atoms with Gasteiger partial charge in [0.05, 0.1) is 25.3 Å². The number of aliphatic hydroxyl groups is 1. The van der Waals surface area contributed by atoms with Crippen molar-refractivity contribution >= 4 is 5.91 Å². The first-order valence-corrected chi connectivity index (χ1v) is 9.28. The Morgan fingerprint density at radius 2 is 2.00 bits per heavy atom. The second kappa shape index (κ2) is 7.34. The predicted octanol–water partition coefficient (Wildman–Crippen LogP) is 2.50. The van der Waals surface area contributed by atoms with E-state index >= 15 is 0 Å². The average molecular weight is 346 g/mol. The van der Waals surface area contributed by atoms with E-state index in [1.165, 1.54) is 0 Å². The van der Waals surface area contributed by atoms with Crippen LogP contribution in [0.25, 0.3) is 0 Å². The van der Waals surface area contributed by atoms with Crippen molar-refractivity contribution < 1.29 is 14.6 Å². The van der Waals surface area contributed by atoms with Crippen LogP contribution in [0.1, 0.15) is 51.1 Å². The summed E-state index contributed by atoms with van der Waals surface area (Å²) in [6.07, 6.45) is 4.30. The molecule has 25 heavy (non-hydrogen) atoms. The standard InChI is InChI=1S/C20H30N2O3/c1-20(2,24)17-5-4-12-22(17)13-18(23)21-19(14-6-7-14)15-8-10-16(25-3)11-9-15/h8-11,14,17,19,24H,4-7,12-13H2,1-3H3,(H,21,23). The van der Waals surface area contributed by atoms with E-state index < -0.39 is 5.60 Å². The lowest BCUT2D eigenvalue weighted by molar-refractivity contribution is -0.124. The summed E-state index contributed by atoms with van der Waals surface area (Å²) in [4.78, 5) is 14.8. The molecule has 2 fully saturated rings. The largest absolute Gasteiger partial charge is 0.497 e. The SMILES string of the molecule is COc1ccc(C(NC(=O)CN2CCCC2C(C)(C)O)C2CC2)cc1. The third-order valence-electron chi connectivity index (χ3n) is 5.41. The van der Waals surface area contributed by atoms with Crippen LogP contribution in [-0.2, 0) is 4.79 Å². The number of nitrogens with one attached hydrogen (secondary N) is 1. The second-order valence-electron chi connectivity index (χ2n) is 7.94. The zero-order valence-electron chi connectivity index (χ0n) is 15.5. The summed E-state index contributed by atoms with van der Waals surface area (Å²) in [5.41, 5.74) is 0.361. The highest BCUT2D eigenvalue weighted by Gasteiger charge is 2.38. The smallest absolute Gasteiger partial charge is 0.234 e. The molecule has 5 nitrogen and oxygen atoms in total. The molecule has 1 aromatic rings. The van der Waals surface area contributed by atoms with E-state index in [-0.39, 0.29) is 18.0 Å². The van der Waals surface area contributed by atoms with Crippen molar-refractivity contribution in [3.63, 3.8) is 0 Å². The highest BCUT2D eigenvalue weighted by molar-refractivity contribution is 5.78. The van der Waals surface area contributed by atoms with Gasteiger partial charge in [0.15, 0.2) is 0 Å². The van der Waals surface area contributed by atoms with E-state index in [2.05, 4.69) is 10.2 Å². The van der Waals surface area contributed by atoms with Gasteiger partial charge in [0.2, 0.25) is 5.91 Å². The molecule has 1 heterocycles. The van der Waals surface area contributed by atoms with E-state index in [0.717, 1.165) is 43.5 Å². The lowest BCUT2D eigenvalue weighted by Gasteiger charge is -2.33. The van der Waals surface area contributed by atoms with Gasteiger partial charge in [-0.3, -0.25) is 9.69 Å². The number of benzene rings is 1. The van der Waals surface area contributed by atoms with Crippen LogP contribution < -0.4 is 10.1 Å². The minimum Gasteiger partial charge on any atom is -0.497 e. The van der Waals surface area contributed by atoms with Gasteiger partial charge in [0, 0.05) is 6.04 Å². The fourth-order valence-electron chi connectivity index (χ4n) is 3.93. The Bertz CT molecular complexity index is 590. The summed E-state index contributed by atoms with van der Waals surface area (Å²) in [5, 5.41) is 13.6. The molecule has 1 saturated carbocycles. The summed E-state index contributed by atoms with van der Waals surface area (Å²) >= 11 is 0. The van der Waals surface area contributed by atoms with Crippen molar-refractivity contribution in [2.24, 2.45) is 5.92 Å². The first-order valence-electron chi connectivity index (χ1n) is 9.28. The Hall–Kier alpha value is -1.59. The number of methoxy groups -OCH3 is 1. The first kappa shape index (κ1) is 18.2. The number of ether oxygens (including phenoxy) is 1. The summed E-state index contributed by atoms with van der Waals surface area (Å²) in [5.74, 6) is 1.40. The number of hydrogen-bond acceptors (Lipinski definition) is 4. The molecule has 1 aromatic carbocycles. The molecule has 2 atom stereocenters. The number of rotatable bonds is 7. The molecule has 2 N–H and O–H groups in total. The van der Waals surface area contributed by atoms with Crippen LogP contribution in [0.5, 0.6) is 5.75 Å². The number of nitrogens with zero attached hydrogens (tertiary/aromatic N) is 1. The number of carbonyl (C=O) groups excluding carboxylic acids is 1. The Labute approximate surface area is 150 Å². The quantitative estimate of drug-likeness (QED) is 0.796. The molecule has 3 rings (SSSR count). The highest BCUT2D eigenvalue weighted by atomic mass is 16.5. The van der Waals surface area contributed by atoms with Crippen molar-refractivity contribution in [1.82, 2.24) is 10.2 Å². The van der Waals surface area contributed by atoms with Gasteiger partial charge in [0.25, 0.3) is 0 Å². The molecular formula is C20H30N2O3. The maximum Gasteiger partial charge on any atom is 0.234 e. The molecule has 0 bridgehead atoms. The summed E-state index contributed by atoms with van der Waals surface area (Å²) in [7, 11) is 1.66. The van der Waals surface area contributed by atoms with Crippen molar-refractivity contribution in [3.05, 3.63) is 29.8 Å². The molecule has 1 aliphatic heterocycles. The van der Waals surface area contributed by atoms with E-state index in [1.54, 1.807) is 7.11 Å². The zero-order valence-corrected chi connectivity index (χ0v) is 15.5. The van der Waals surface area contributed by atoms with Gasteiger partial charge < -0.3 is 15.2 Å². The third kappa shape index (κ3) is 4.53. The van der Waals surface area contributed by atoms with Gasteiger partial charge in [0.1, 0.15) is 5.75 Å². The maximum absolute atomic E-state index is 12.7. The Balaban J connectivity index is 1.63. The van der Waals surface area contributed by atoms with Crippen molar-refractivity contribution in [1.29, 1.82) is 0 Å². The van der Waals surface area contributed by atoms with Crippen LogP contribution in [0.2, 0.25) is 0 Å². The van der Waals surface area contributed by atoms with Gasteiger partial charge in [-0.25, -0.2) is 0 Å². The van der Waals surface area contributed by atoms with Crippen molar-refractivity contribution in [3.8, 4) is 5.75 Å². The van der Waals surface area contributed by atoms with Crippen LogP contribution in [0.15, 0.2) is 24.3 Å². The van der Waals surface area contributed by atoms with E-state index in [1.807, 2.05) is 38.1 Å². The lowest BCUT2D eigenvalue weighted by atomic mass is 9.96. The van der Waals surface area contributed by atoms with Crippen LogP contribution in [0.4, 0.5) is 0 Å². The predicted molar refractivity (Wildman–Crippen MR) is 97.5 cm³/mol. The molecule has 0 aromatic heterocycles. The minimum absolute atomic E-state index is 0.0452. The molecule has 138 valence electrons. The van der Waals surface area contributed by atoms with Crippen LogP contribution in [0.3, 0.4) is 0 Å². The van der Waals surface area contributed by atoms with E-state index in [9.17, 15) is 9.90 Å². The zero-order chi connectivity index (χ0) is 18.0. The third-order valence-corrected chi connectivity index (χ3v) is 5.41. The minimum atomic E-state index is -0.775. The fraction of sp³-hybridized carbons (Fsp3) is 0.650. The van der Waals surface area contributed by atoms with Crippen LogP contribution in [0, 0.1) is 5.92 Å². The fourth-order valence-corrected chi connectivity index (χ4v) is 3.93. The van der Waals surface area contributed by atoms with Gasteiger partial charge in [-0.05, 0) is 69.7 Å². The molecular weight excluding hydrogens is 316 g/mol. The van der Waals surface area contributed by atoms with Gasteiger partial charge in [-0.1, -0.05) is 12.1 Å². The van der Waals surface area contributed by atoms with E-state index in [0.29, 0.717) is 12.5 Å². The maximum atomic E-state index is 12.7. The summed E-state index contributed by atoms with van der Waals surface area (Å²) in [6, 6.07) is 8.10. The molecule has 1 aliphatic carbocycles. The Morgan fingerprint density at radius 3 is 2.56 bits per heavy atom. The number of carbonyl (C=O) groups is 1. The number of likely N-dealkylation sites (tertiary alicyclic amines) is 1. The second-order valence-corrected chi connectivity index (χ2v) is 7.94. The molecule has 0 spiro atoms. The normalized spacial score (nSPS) is 22.6. The average Bonchev–Trinajstić information content (AvgIpc) is 3.30. The lowest BCUT2D eigenvalue weighted by Crippen LogP contribution is -2.49. The van der Waals surface area contributed by atoms with Crippen molar-refractivity contribution in [2.75, 3.05) is 20.2 Å². The topological polar surface area (TPSA) is 61.8 Å². The molecule has 2 aliphatic rings. The highest BCUT2D eigenvalue weighted by Crippen LogP contribution is 2.41. The Kier molecular flexibility index (Phi) is 5.35. The Morgan fingerprint density at radius 1 is 1.32 bits per heavy atom. The van der Waals surface area contributed by atoms with Crippen LogP contribution in [-0.4, -0.2) is 47.8 Å². The molecule has 0 radical (unpaired) electrons. The molecule has 5 heteroatoms. The van der Waals surface area contributed by atoms with Gasteiger partial charge >= 0.3 is 0 Å². The van der Waals surface area contributed by atoms with E-state index in [4.69, 9.17) is 4.74 Å². The first-order chi connectivity index (χ1) is 11.9. The van der Waals surface area contributed by atoms with Crippen molar-refractivity contribution in [2.45, 2.75) is 57.2 Å². The van der Waals surface area contributed by atoms with Gasteiger partial charge in [-0.2, -0.15) is 0 Å². The number of amides is 1. The molecule has 1 saturated heterocycles. The monoisotopic (exact) mass is 346 g/mol.